The van der Waals surface area contributed by atoms with Gasteiger partial charge in [0.2, 0.25) is 0 Å². The molecule has 1 nitrogen and oxygen atoms in total. The minimum absolute atomic E-state index is 0.0568. The van der Waals surface area contributed by atoms with Gasteiger partial charge in [-0.05, 0) is 86.5 Å². The number of rotatable bonds is 4. The summed E-state index contributed by atoms with van der Waals surface area (Å²) in [6, 6.07) is 24.4. The van der Waals surface area contributed by atoms with E-state index in [4.69, 9.17) is 4.98 Å². The Labute approximate surface area is 201 Å². The van der Waals surface area contributed by atoms with Crippen molar-refractivity contribution >= 4 is 32.2 Å². The van der Waals surface area contributed by atoms with E-state index in [-0.39, 0.29) is 5.41 Å². The molecule has 0 aliphatic rings. The van der Waals surface area contributed by atoms with Crippen molar-refractivity contribution in [3.8, 4) is 22.4 Å². The molecule has 0 N–H and O–H groups in total. The maximum Gasteiger partial charge on any atom is 0.0708 e. The summed E-state index contributed by atoms with van der Waals surface area (Å²) in [6.07, 6.45) is 3.07. The van der Waals surface area contributed by atoms with Crippen LogP contribution >= 0.6 is 11.3 Å². The molecule has 166 valence electrons. The Hall–Kier alpha value is -2.97. The second-order valence-electron chi connectivity index (χ2n) is 10.5. The minimum atomic E-state index is 0.0568. The fourth-order valence-corrected chi connectivity index (χ4v) is 5.82. The number of fused-ring (bicyclic) bond motifs is 2. The van der Waals surface area contributed by atoms with Crippen molar-refractivity contribution < 1.29 is 0 Å². The Kier molecular flexibility index (Phi) is 5.58. The zero-order valence-corrected chi connectivity index (χ0v) is 21.0. The summed E-state index contributed by atoms with van der Waals surface area (Å²) in [7, 11) is 0. The number of benzene rings is 3. The quantitative estimate of drug-likeness (QED) is 0.266. The molecule has 0 saturated carbocycles. The van der Waals surface area contributed by atoms with Gasteiger partial charge >= 0.3 is 0 Å². The highest BCUT2D eigenvalue weighted by molar-refractivity contribution is 7.17. The molecule has 0 radical (unpaired) electrons. The van der Waals surface area contributed by atoms with E-state index in [1.54, 1.807) is 0 Å². The third-order valence-electron chi connectivity index (χ3n) is 6.34. The van der Waals surface area contributed by atoms with Crippen LogP contribution in [0, 0.1) is 5.92 Å². The molecule has 0 aliphatic carbocycles. The highest BCUT2D eigenvalue weighted by Gasteiger charge is 2.19. The highest BCUT2D eigenvalue weighted by atomic mass is 32.1. The van der Waals surface area contributed by atoms with Crippen LogP contribution in [0.25, 0.3) is 43.2 Å². The molecular formula is C31H31NS. The minimum Gasteiger partial charge on any atom is -0.256 e. The molecule has 33 heavy (non-hydrogen) atoms. The molecule has 0 fully saturated rings. The largest absolute Gasteiger partial charge is 0.256 e. The normalized spacial score (nSPS) is 12.2. The number of pyridine rings is 1. The molecule has 0 amide bonds. The molecule has 5 rings (SSSR count). The molecule has 0 saturated heterocycles. The lowest BCUT2D eigenvalue weighted by atomic mass is 9.82. The predicted molar refractivity (Wildman–Crippen MR) is 145 cm³/mol. The second kappa shape index (κ2) is 8.43. The van der Waals surface area contributed by atoms with E-state index in [9.17, 15) is 0 Å². The molecule has 0 spiro atoms. The predicted octanol–water partition coefficient (Wildman–Crippen LogP) is 9.28. The van der Waals surface area contributed by atoms with E-state index in [2.05, 4.69) is 107 Å². The SMILES string of the molecule is CC(C)Cc1csc2cccc(-c3ccnc(-c4cc(C(C)(C)C)c5ccccc5c4)c3)c12. The van der Waals surface area contributed by atoms with Gasteiger partial charge in [0, 0.05) is 21.8 Å². The molecule has 0 aliphatic heterocycles. The van der Waals surface area contributed by atoms with Crippen LogP contribution in [0.3, 0.4) is 0 Å². The first-order valence-corrected chi connectivity index (χ1v) is 12.7. The first kappa shape index (κ1) is 21.9. The lowest BCUT2D eigenvalue weighted by molar-refractivity contribution is 0.596. The lowest BCUT2D eigenvalue weighted by Gasteiger charge is -2.22. The third kappa shape index (κ3) is 4.20. The molecule has 2 heterocycles. The molecule has 2 heteroatoms. The van der Waals surface area contributed by atoms with Gasteiger partial charge in [-0.25, -0.2) is 0 Å². The number of nitrogens with zero attached hydrogens (tertiary/aromatic N) is 1. The van der Waals surface area contributed by atoms with Gasteiger partial charge in [-0.3, -0.25) is 4.98 Å². The van der Waals surface area contributed by atoms with Crippen molar-refractivity contribution in [3.63, 3.8) is 0 Å². The number of thiophene rings is 1. The van der Waals surface area contributed by atoms with Crippen molar-refractivity contribution in [2.24, 2.45) is 5.92 Å². The zero-order chi connectivity index (χ0) is 23.2. The van der Waals surface area contributed by atoms with E-state index in [0.29, 0.717) is 5.92 Å². The third-order valence-corrected chi connectivity index (χ3v) is 7.34. The monoisotopic (exact) mass is 449 g/mol. The fourth-order valence-electron chi connectivity index (χ4n) is 4.82. The van der Waals surface area contributed by atoms with Crippen LogP contribution < -0.4 is 0 Å². The fraction of sp³-hybridized carbons (Fsp3) is 0.258. The van der Waals surface area contributed by atoms with Gasteiger partial charge in [0.25, 0.3) is 0 Å². The molecule has 0 unspecified atom stereocenters. The maximum atomic E-state index is 4.81. The van der Waals surface area contributed by atoms with Crippen molar-refractivity contribution in [1.82, 2.24) is 4.98 Å². The summed E-state index contributed by atoms with van der Waals surface area (Å²) in [6.45, 7) is 11.5. The second-order valence-corrected chi connectivity index (χ2v) is 11.4. The lowest BCUT2D eigenvalue weighted by Crippen LogP contribution is -2.12. The molecule has 2 aromatic heterocycles. The van der Waals surface area contributed by atoms with Crippen LogP contribution in [0.2, 0.25) is 0 Å². The Morgan fingerprint density at radius 2 is 1.70 bits per heavy atom. The van der Waals surface area contributed by atoms with Crippen LogP contribution in [0.5, 0.6) is 0 Å². The van der Waals surface area contributed by atoms with Gasteiger partial charge in [0.05, 0.1) is 5.69 Å². The van der Waals surface area contributed by atoms with Gasteiger partial charge in [-0.2, -0.15) is 0 Å². The first-order valence-electron chi connectivity index (χ1n) is 11.8. The number of aromatic nitrogens is 1. The van der Waals surface area contributed by atoms with Gasteiger partial charge < -0.3 is 0 Å². The van der Waals surface area contributed by atoms with Crippen molar-refractivity contribution in [3.05, 3.63) is 89.4 Å². The van der Waals surface area contributed by atoms with E-state index >= 15 is 0 Å². The highest BCUT2D eigenvalue weighted by Crippen LogP contribution is 2.38. The van der Waals surface area contributed by atoms with Crippen LogP contribution in [0.15, 0.2) is 78.3 Å². The number of hydrogen-bond donors (Lipinski definition) is 0. The van der Waals surface area contributed by atoms with E-state index in [0.717, 1.165) is 12.1 Å². The smallest absolute Gasteiger partial charge is 0.0708 e. The van der Waals surface area contributed by atoms with Gasteiger partial charge in [0.1, 0.15) is 0 Å². The average molecular weight is 450 g/mol. The van der Waals surface area contributed by atoms with Crippen LogP contribution in [0.1, 0.15) is 45.7 Å². The molecule has 0 atom stereocenters. The summed E-state index contributed by atoms with van der Waals surface area (Å²) >= 11 is 1.86. The van der Waals surface area contributed by atoms with Crippen molar-refractivity contribution in [2.45, 2.75) is 46.5 Å². The van der Waals surface area contributed by atoms with E-state index < -0.39 is 0 Å². The van der Waals surface area contributed by atoms with Gasteiger partial charge in [-0.15, -0.1) is 11.3 Å². The Morgan fingerprint density at radius 1 is 0.879 bits per heavy atom. The summed E-state index contributed by atoms with van der Waals surface area (Å²) in [5.74, 6) is 0.636. The zero-order valence-electron chi connectivity index (χ0n) is 20.1. The summed E-state index contributed by atoms with van der Waals surface area (Å²) in [5, 5.41) is 6.34. The number of hydrogen-bond acceptors (Lipinski definition) is 2. The van der Waals surface area contributed by atoms with Gasteiger partial charge in [0.15, 0.2) is 0 Å². The van der Waals surface area contributed by atoms with Crippen molar-refractivity contribution in [1.29, 1.82) is 0 Å². The topological polar surface area (TPSA) is 12.9 Å². The van der Waals surface area contributed by atoms with E-state index in [1.807, 2.05) is 17.5 Å². The Balaban J connectivity index is 1.68. The molecule has 0 bridgehead atoms. The molecule has 3 aromatic carbocycles. The van der Waals surface area contributed by atoms with Crippen molar-refractivity contribution in [2.75, 3.05) is 0 Å². The standard InChI is InChI=1S/C31H31NS/c1-20(2)15-24-19-33-29-12-8-11-26(30(24)29)22-13-14-32-28(18-22)23-16-21-9-6-7-10-25(21)27(17-23)31(3,4)5/h6-14,16-20H,15H2,1-5H3. The first-order chi connectivity index (χ1) is 15.8. The maximum absolute atomic E-state index is 4.81. The molecule has 5 aromatic rings. The summed E-state index contributed by atoms with van der Waals surface area (Å²) in [5.41, 5.74) is 7.63. The van der Waals surface area contributed by atoms with Crippen LogP contribution in [-0.2, 0) is 11.8 Å². The Morgan fingerprint density at radius 3 is 2.48 bits per heavy atom. The average Bonchev–Trinajstić information content (AvgIpc) is 3.20. The summed E-state index contributed by atoms with van der Waals surface area (Å²) in [4.78, 5) is 4.81. The van der Waals surface area contributed by atoms with Gasteiger partial charge in [-0.1, -0.05) is 71.0 Å². The van der Waals surface area contributed by atoms with Crippen LogP contribution in [0.4, 0.5) is 0 Å². The van der Waals surface area contributed by atoms with Crippen LogP contribution in [-0.4, -0.2) is 4.98 Å². The van der Waals surface area contributed by atoms with E-state index in [1.165, 1.54) is 48.7 Å². The summed E-state index contributed by atoms with van der Waals surface area (Å²) < 4.78 is 1.36. The Bertz CT molecular complexity index is 1450. The molecular weight excluding hydrogens is 418 g/mol.